The fraction of sp³-hybridized carbons (Fsp3) is 0.435. The monoisotopic (exact) mass is 382 g/mol. The van der Waals surface area contributed by atoms with E-state index in [2.05, 4.69) is 4.98 Å². The summed E-state index contributed by atoms with van der Waals surface area (Å²) in [4.78, 5) is 30.4. The Morgan fingerprint density at radius 1 is 1.14 bits per heavy atom. The number of carbonyl (C=O) groups excluding carboxylic acids is 2. The van der Waals surface area contributed by atoms with Crippen molar-refractivity contribution >= 4 is 17.4 Å². The summed E-state index contributed by atoms with van der Waals surface area (Å²) in [6.45, 7) is 0.655. The number of fused-ring (bicyclic) bond motifs is 1. The second-order valence-electron chi connectivity index (χ2n) is 7.11. The van der Waals surface area contributed by atoms with Gasteiger partial charge in [-0.2, -0.15) is 0 Å². The summed E-state index contributed by atoms with van der Waals surface area (Å²) < 4.78 is 16.1. The number of unbranched alkanes of at least 4 members (excludes halogenated alkanes) is 3. The SMILES string of the molecule is [2H]C(C(=O)CCCCCCC(=O)N1CCc2cc(O)ccc21)C([2H])c1cccnc1. The summed E-state index contributed by atoms with van der Waals surface area (Å²) >= 11 is 0. The molecule has 1 N–H and O–H groups in total. The molecular weight excluding hydrogens is 352 g/mol. The van der Waals surface area contributed by atoms with Crippen molar-refractivity contribution in [3.8, 4) is 5.75 Å². The van der Waals surface area contributed by atoms with E-state index in [1.165, 1.54) is 6.20 Å². The Morgan fingerprint density at radius 3 is 2.75 bits per heavy atom. The number of Topliss-reactive ketones (excluding diaryl/α,β-unsaturated/α-hetero) is 1. The van der Waals surface area contributed by atoms with E-state index in [0.29, 0.717) is 31.4 Å². The van der Waals surface area contributed by atoms with Crippen LogP contribution in [-0.4, -0.2) is 28.3 Å². The molecule has 2 aromatic rings. The largest absolute Gasteiger partial charge is 0.508 e. The van der Waals surface area contributed by atoms with Crippen LogP contribution >= 0.6 is 0 Å². The highest BCUT2D eigenvalue weighted by atomic mass is 16.3. The lowest BCUT2D eigenvalue weighted by molar-refractivity contribution is -0.119. The number of anilines is 1. The lowest BCUT2D eigenvalue weighted by Gasteiger charge is -2.17. The standard InChI is InChI=1S/C23H28N2O3/c26-20(10-9-18-6-5-14-24-17-18)7-3-1-2-4-8-23(28)25-15-13-19-16-21(27)11-12-22(19)25/h5-6,11-12,14,16-17,27H,1-4,7-10,13,15H2/i9D,10D. The van der Waals surface area contributed by atoms with Gasteiger partial charge in [0.2, 0.25) is 5.91 Å². The molecule has 1 amide bonds. The zero-order valence-electron chi connectivity index (χ0n) is 18.0. The first-order chi connectivity index (χ1) is 14.5. The highest BCUT2D eigenvalue weighted by Crippen LogP contribution is 2.31. The van der Waals surface area contributed by atoms with Crippen molar-refractivity contribution < 1.29 is 17.4 Å². The maximum atomic E-state index is 12.5. The summed E-state index contributed by atoms with van der Waals surface area (Å²) in [7, 11) is 0. The van der Waals surface area contributed by atoms with E-state index in [9.17, 15) is 14.7 Å². The molecular formula is C23H28N2O3. The van der Waals surface area contributed by atoms with Crippen LogP contribution in [0.4, 0.5) is 5.69 Å². The summed E-state index contributed by atoms with van der Waals surface area (Å²) in [5.74, 6) is 0.104. The zero-order chi connectivity index (χ0) is 21.5. The minimum Gasteiger partial charge on any atom is -0.508 e. The zero-order valence-corrected chi connectivity index (χ0v) is 16.0. The third-order valence-electron chi connectivity index (χ3n) is 4.97. The van der Waals surface area contributed by atoms with E-state index in [-0.39, 0.29) is 17.4 Å². The predicted molar refractivity (Wildman–Crippen MR) is 109 cm³/mol. The molecule has 1 aromatic heterocycles. The number of amides is 1. The summed E-state index contributed by atoms with van der Waals surface area (Å²) in [5, 5.41) is 9.55. The molecule has 1 aliphatic heterocycles. The van der Waals surface area contributed by atoms with Crippen molar-refractivity contribution in [1.82, 2.24) is 4.98 Å². The molecule has 3 rings (SSSR count). The van der Waals surface area contributed by atoms with Crippen molar-refractivity contribution in [2.24, 2.45) is 0 Å². The molecule has 0 spiro atoms. The molecule has 2 unspecified atom stereocenters. The van der Waals surface area contributed by atoms with Gasteiger partial charge in [-0.3, -0.25) is 14.6 Å². The van der Waals surface area contributed by atoms with Crippen LogP contribution in [0.2, 0.25) is 0 Å². The second-order valence-corrected chi connectivity index (χ2v) is 7.11. The average Bonchev–Trinajstić information content (AvgIpc) is 3.18. The quantitative estimate of drug-likeness (QED) is 0.625. The Labute approximate surface area is 169 Å². The molecule has 5 nitrogen and oxygen atoms in total. The number of nitrogens with zero attached hydrogens (tertiary/aromatic N) is 2. The maximum absolute atomic E-state index is 12.5. The van der Waals surface area contributed by atoms with Gasteiger partial charge in [-0.1, -0.05) is 18.9 Å². The molecule has 0 saturated carbocycles. The average molecular weight is 383 g/mol. The van der Waals surface area contributed by atoms with Gasteiger partial charge in [-0.25, -0.2) is 0 Å². The summed E-state index contributed by atoms with van der Waals surface area (Å²) in [6, 6.07) is 8.55. The van der Waals surface area contributed by atoms with Crippen LogP contribution in [0.15, 0.2) is 42.7 Å². The molecule has 0 aliphatic carbocycles. The van der Waals surface area contributed by atoms with Crippen molar-refractivity contribution in [1.29, 1.82) is 0 Å². The van der Waals surface area contributed by atoms with Crippen LogP contribution in [0.5, 0.6) is 5.75 Å². The van der Waals surface area contributed by atoms with Crippen LogP contribution in [0.3, 0.4) is 0 Å². The lowest BCUT2D eigenvalue weighted by Crippen LogP contribution is -2.28. The first kappa shape index (κ1) is 17.4. The third-order valence-corrected chi connectivity index (χ3v) is 4.97. The van der Waals surface area contributed by atoms with Gasteiger partial charge in [-0.15, -0.1) is 0 Å². The molecule has 148 valence electrons. The van der Waals surface area contributed by atoms with E-state index in [0.717, 1.165) is 36.9 Å². The second kappa shape index (κ2) is 10.0. The molecule has 28 heavy (non-hydrogen) atoms. The smallest absolute Gasteiger partial charge is 0.226 e. The van der Waals surface area contributed by atoms with E-state index in [1.807, 2.05) is 0 Å². The van der Waals surface area contributed by atoms with Crippen LogP contribution in [-0.2, 0) is 22.4 Å². The molecule has 5 heteroatoms. The highest BCUT2D eigenvalue weighted by Gasteiger charge is 2.24. The number of hydrogen-bond acceptors (Lipinski definition) is 4. The van der Waals surface area contributed by atoms with Gasteiger partial charge in [0.05, 0.1) is 0 Å². The predicted octanol–water partition coefficient (Wildman–Crippen LogP) is 4.22. The Hall–Kier alpha value is -2.69. The normalized spacial score (nSPS) is 16.1. The number of phenols is 1. The highest BCUT2D eigenvalue weighted by molar-refractivity contribution is 5.95. The van der Waals surface area contributed by atoms with Crippen molar-refractivity contribution in [3.05, 3.63) is 53.9 Å². The van der Waals surface area contributed by atoms with E-state index in [1.54, 1.807) is 41.4 Å². The molecule has 0 radical (unpaired) electrons. The number of phenolic OH excluding ortho intramolecular Hbond substituents is 1. The van der Waals surface area contributed by atoms with Crippen LogP contribution < -0.4 is 4.90 Å². The Bertz CT molecular complexity index is 876. The van der Waals surface area contributed by atoms with Crippen molar-refractivity contribution in [2.45, 2.75) is 57.7 Å². The lowest BCUT2D eigenvalue weighted by atomic mass is 10.0. The number of benzene rings is 1. The van der Waals surface area contributed by atoms with Gasteiger partial charge in [0.15, 0.2) is 0 Å². The van der Waals surface area contributed by atoms with E-state index in [4.69, 9.17) is 2.74 Å². The van der Waals surface area contributed by atoms with Gasteiger partial charge in [0.1, 0.15) is 11.5 Å². The minimum absolute atomic E-state index is 0.0928. The van der Waals surface area contributed by atoms with Gasteiger partial charge in [0, 0.05) is 46.6 Å². The molecule has 1 aromatic carbocycles. The maximum Gasteiger partial charge on any atom is 0.226 e. The van der Waals surface area contributed by atoms with Gasteiger partial charge in [-0.05, 0) is 61.1 Å². The number of aryl methyl sites for hydroxylation is 1. The van der Waals surface area contributed by atoms with Crippen LogP contribution in [0.1, 0.15) is 58.8 Å². The summed E-state index contributed by atoms with van der Waals surface area (Å²) in [5.41, 5.74) is 2.48. The number of carbonyl (C=O) groups is 2. The number of hydrogen-bond donors (Lipinski definition) is 1. The molecule has 0 bridgehead atoms. The topological polar surface area (TPSA) is 70.5 Å². The molecule has 2 atom stereocenters. The Morgan fingerprint density at radius 2 is 1.96 bits per heavy atom. The first-order valence-corrected chi connectivity index (χ1v) is 9.87. The van der Waals surface area contributed by atoms with Crippen molar-refractivity contribution in [2.75, 3.05) is 11.4 Å². The van der Waals surface area contributed by atoms with Gasteiger partial charge >= 0.3 is 0 Å². The fourth-order valence-corrected chi connectivity index (χ4v) is 3.46. The Kier molecular flexibility index (Phi) is 6.23. The molecule has 2 heterocycles. The Balaban J connectivity index is 1.33. The minimum atomic E-state index is -1.09. The number of pyridine rings is 1. The number of aromatic nitrogens is 1. The van der Waals surface area contributed by atoms with E-state index >= 15 is 0 Å². The molecule has 1 aliphatic rings. The third kappa shape index (κ3) is 5.65. The van der Waals surface area contributed by atoms with Crippen LogP contribution in [0, 0.1) is 0 Å². The van der Waals surface area contributed by atoms with E-state index < -0.39 is 12.8 Å². The van der Waals surface area contributed by atoms with Gasteiger partial charge < -0.3 is 10.0 Å². The number of rotatable bonds is 10. The van der Waals surface area contributed by atoms with Gasteiger partial charge in [0.25, 0.3) is 0 Å². The fourth-order valence-electron chi connectivity index (χ4n) is 3.46. The van der Waals surface area contributed by atoms with Crippen molar-refractivity contribution in [3.63, 3.8) is 0 Å². The number of aromatic hydroxyl groups is 1. The molecule has 0 fully saturated rings. The molecule has 0 saturated heterocycles. The van der Waals surface area contributed by atoms with Crippen LogP contribution in [0.25, 0.3) is 0 Å². The number of ketones is 1. The summed E-state index contributed by atoms with van der Waals surface area (Å²) in [6.07, 6.45) is 5.77. The first-order valence-electron chi connectivity index (χ1n) is 11.0.